The standard InChI is InChI=1S/C10H12N2O2/c1-14-10-4-2-8(3-5-10)12-9(6-11)7-13/h2-5,9,12-13H,7H2,1H3. The van der Waals surface area contributed by atoms with Crippen molar-refractivity contribution in [2.75, 3.05) is 19.0 Å². The zero-order valence-electron chi connectivity index (χ0n) is 7.90. The summed E-state index contributed by atoms with van der Waals surface area (Å²) in [5.41, 5.74) is 0.784. The SMILES string of the molecule is COc1ccc(NC(C#N)CO)cc1. The number of aliphatic hydroxyl groups excluding tert-OH is 1. The van der Waals surface area contributed by atoms with Crippen LogP contribution in [0.4, 0.5) is 5.69 Å². The molecule has 74 valence electrons. The molecule has 0 aliphatic carbocycles. The molecule has 2 N–H and O–H groups in total. The fourth-order valence-corrected chi connectivity index (χ4v) is 1.01. The number of anilines is 1. The molecule has 1 rings (SSSR count). The van der Waals surface area contributed by atoms with Gasteiger partial charge in [-0.2, -0.15) is 5.26 Å². The van der Waals surface area contributed by atoms with Crippen LogP contribution < -0.4 is 10.1 Å². The first-order valence-corrected chi connectivity index (χ1v) is 4.21. The first-order valence-electron chi connectivity index (χ1n) is 4.21. The molecule has 0 amide bonds. The highest BCUT2D eigenvalue weighted by atomic mass is 16.5. The molecule has 0 aromatic heterocycles. The molecule has 1 aromatic carbocycles. The number of ether oxygens (including phenoxy) is 1. The van der Waals surface area contributed by atoms with E-state index in [2.05, 4.69) is 5.32 Å². The molecule has 1 aromatic rings. The predicted molar refractivity (Wildman–Crippen MR) is 53.1 cm³/mol. The van der Waals surface area contributed by atoms with Crippen LogP contribution >= 0.6 is 0 Å². The van der Waals surface area contributed by atoms with E-state index < -0.39 is 6.04 Å². The average Bonchev–Trinajstić information content (AvgIpc) is 2.26. The third kappa shape index (κ3) is 2.64. The molecule has 0 aliphatic rings. The van der Waals surface area contributed by atoms with Crippen molar-refractivity contribution in [2.24, 2.45) is 0 Å². The quantitative estimate of drug-likeness (QED) is 0.746. The second-order valence-corrected chi connectivity index (χ2v) is 2.74. The van der Waals surface area contributed by atoms with Gasteiger partial charge < -0.3 is 15.2 Å². The van der Waals surface area contributed by atoms with Gasteiger partial charge >= 0.3 is 0 Å². The fraction of sp³-hybridized carbons (Fsp3) is 0.300. The van der Waals surface area contributed by atoms with Crippen LogP contribution in [-0.4, -0.2) is 24.9 Å². The molecular formula is C10H12N2O2. The Morgan fingerprint density at radius 2 is 2.14 bits per heavy atom. The van der Waals surface area contributed by atoms with Gasteiger partial charge in [0.1, 0.15) is 11.8 Å². The van der Waals surface area contributed by atoms with Gasteiger partial charge in [-0.05, 0) is 24.3 Å². The second-order valence-electron chi connectivity index (χ2n) is 2.74. The van der Waals surface area contributed by atoms with Crippen LogP contribution in [0.3, 0.4) is 0 Å². The van der Waals surface area contributed by atoms with Gasteiger partial charge in [0.05, 0.1) is 19.8 Å². The molecule has 0 saturated heterocycles. The molecule has 0 bridgehead atoms. The van der Waals surface area contributed by atoms with Crippen molar-refractivity contribution in [1.29, 1.82) is 5.26 Å². The van der Waals surface area contributed by atoms with Crippen molar-refractivity contribution < 1.29 is 9.84 Å². The minimum atomic E-state index is -0.566. The van der Waals surface area contributed by atoms with E-state index in [4.69, 9.17) is 15.1 Å². The molecule has 0 aliphatic heterocycles. The number of hydrogen-bond acceptors (Lipinski definition) is 4. The summed E-state index contributed by atoms with van der Waals surface area (Å²) >= 11 is 0. The number of nitriles is 1. The molecular weight excluding hydrogens is 180 g/mol. The van der Waals surface area contributed by atoms with Gasteiger partial charge in [-0.25, -0.2) is 0 Å². The molecule has 0 radical (unpaired) electrons. The summed E-state index contributed by atoms with van der Waals surface area (Å²) in [5.74, 6) is 0.757. The molecule has 0 saturated carbocycles. The largest absolute Gasteiger partial charge is 0.497 e. The van der Waals surface area contributed by atoms with E-state index in [1.165, 1.54) is 0 Å². The normalized spacial score (nSPS) is 11.5. The molecule has 1 unspecified atom stereocenters. The van der Waals surface area contributed by atoms with Crippen LogP contribution in [0.5, 0.6) is 5.75 Å². The highest BCUT2D eigenvalue weighted by Crippen LogP contribution is 2.15. The summed E-state index contributed by atoms with van der Waals surface area (Å²) in [7, 11) is 1.59. The molecule has 0 spiro atoms. The Morgan fingerprint density at radius 3 is 2.57 bits per heavy atom. The smallest absolute Gasteiger partial charge is 0.137 e. The van der Waals surface area contributed by atoms with E-state index in [0.29, 0.717) is 0 Å². The lowest BCUT2D eigenvalue weighted by atomic mass is 10.2. The van der Waals surface area contributed by atoms with Crippen LogP contribution in [0, 0.1) is 11.3 Å². The van der Waals surface area contributed by atoms with Crippen molar-refractivity contribution >= 4 is 5.69 Å². The van der Waals surface area contributed by atoms with E-state index in [1.807, 2.05) is 6.07 Å². The lowest BCUT2D eigenvalue weighted by Crippen LogP contribution is -2.21. The van der Waals surface area contributed by atoms with Crippen LogP contribution in [0.25, 0.3) is 0 Å². The number of nitrogens with one attached hydrogen (secondary N) is 1. The zero-order valence-corrected chi connectivity index (χ0v) is 7.90. The Kier molecular flexibility index (Phi) is 3.77. The van der Waals surface area contributed by atoms with E-state index in [0.717, 1.165) is 11.4 Å². The molecule has 4 nitrogen and oxygen atoms in total. The summed E-state index contributed by atoms with van der Waals surface area (Å²) in [5, 5.41) is 20.2. The Balaban J connectivity index is 2.64. The predicted octanol–water partition coefficient (Wildman–Crippen LogP) is 0.992. The molecule has 0 fully saturated rings. The number of aliphatic hydroxyl groups is 1. The monoisotopic (exact) mass is 192 g/mol. The highest BCUT2D eigenvalue weighted by molar-refractivity contribution is 5.48. The first kappa shape index (κ1) is 10.4. The second kappa shape index (κ2) is 5.10. The zero-order chi connectivity index (χ0) is 10.4. The Morgan fingerprint density at radius 1 is 1.50 bits per heavy atom. The maximum absolute atomic E-state index is 8.78. The Hall–Kier alpha value is -1.73. The van der Waals surface area contributed by atoms with Gasteiger partial charge in [0.25, 0.3) is 0 Å². The first-order chi connectivity index (χ1) is 6.80. The third-order valence-corrected chi connectivity index (χ3v) is 1.77. The van der Waals surface area contributed by atoms with E-state index in [9.17, 15) is 0 Å². The van der Waals surface area contributed by atoms with E-state index in [1.54, 1.807) is 31.4 Å². The van der Waals surface area contributed by atoms with E-state index in [-0.39, 0.29) is 6.61 Å². The lowest BCUT2D eigenvalue weighted by molar-refractivity contribution is 0.293. The van der Waals surface area contributed by atoms with Gasteiger partial charge in [0.2, 0.25) is 0 Å². The topological polar surface area (TPSA) is 65.3 Å². The molecule has 4 heteroatoms. The van der Waals surface area contributed by atoms with Gasteiger partial charge in [-0.15, -0.1) is 0 Å². The van der Waals surface area contributed by atoms with Crippen molar-refractivity contribution in [3.8, 4) is 11.8 Å². The summed E-state index contributed by atoms with van der Waals surface area (Å²) in [4.78, 5) is 0. The number of benzene rings is 1. The van der Waals surface area contributed by atoms with Crippen LogP contribution in [-0.2, 0) is 0 Å². The van der Waals surface area contributed by atoms with Crippen LogP contribution in [0.2, 0.25) is 0 Å². The third-order valence-electron chi connectivity index (χ3n) is 1.77. The lowest BCUT2D eigenvalue weighted by Gasteiger charge is -2.10. The van der Waals surface area contributed by atoms with E-state index >= 15 is 0 Å². The van der Waals surface area contributed by atoms with Gasteiger partial charge in [-0.3, -0.25) is 0 Å². The average molecular weight is 192 g/mol. The minimum absolute atomic E-state index is 0.206. The van der Waals surface area contributed by atoms with Gasteiger partial charge in [0, 0.05) is 5.69 Å². The molecule has 14 heavy (non-hydrogen) atoms. The highest BCUT2D eigenvalue weighted by Gasteiger charge is 2.03. The van der Waals surface area contributed by atoms with Crippen molar-refractivity contribution in [3.63, 3.8) is 0 Å². The van der Waals surface area contributed by atoms with Crippen molar-refractivity contribution in [3.05, 3.63) is 24.3 Å². The van der Waals surface area contributed by atoms with Crippen LogP contribution in [0.15, 0.2) is 24.3 Å². The number of hydrogen-bond donors (Lipinski definition) is 2. The van der Waals surface area contributed by atoms with Crippen molar-refractivity contribution in [2.45, 2.75) is 6.04 Å². The van der Waals surface area contributed by atoms with Gasteiger partial charge in [-0.1, -0.05) is 0 Å². The van der Waals surface area contributed by atoms with Gasteiger partial charge in [0.15, 0.2) is 0 Å². The summed E-state index contributed by atoms with van der Waals surface area (Å²) in [6, 6.07) is 8.52. The fourth-order valence-electron chi connectivity index (χ4n) is 1.01. The number of methoxy groups -OCH3 is 1. The number of rotatable bonds is 4. The molecule has 0 heterocycles. The number of nitrogens with zero attached hydrogens (tertiary/aromatic N) is 1. The summed E-state index contributed by atoms with van der Waals surface area (Å²) < 4.78 is 4.98. The summed E-state index contributed by atoms with van der Waals surface area (Å²) in [6.07, 6.45) is 0. The minimum Gasteiger partial charge on any atom is -0.497 e. The molecule has 1 atom stereocenters. The maximum atomic E-state index is 8.78. The maximum Gasteiger partial charge on any atom is 0.137 e. The summed E-state index contributed by atoms with van der Waals surface area (Å²) in [6.45, 7) is -0.206. The van der Waals surface area contributed by atoms with Crippen LogP contribution in [0.1, 0.15) is 0 Å². The van der Waals surface area contributed by atoms with Crippen molar-refractivity contribution in [1.82, 2.24) is 0 Å². The Bertz CT molecular complexity index is 316. The Labute approximate surface area is 82.7 Å².